The van der Waals surface area contributed by atoms with Crippen molar-refractivity contribution in [1.82, 2.24) is 0 Å². The minimum absolute atomic E-state index is 0. The number of benzene rings is 10. The minimum atomic E-state index is 0. The molecular formula is C86H86O4S2Zr. The molecule has 0 atom stereocenters. The second kappa shape index (κ2) is 30.9. The molecule has 0 amide bonds. The smallest absolute Gasteiger partial charge is 0.262 e. The SMILES string of the molecule is Cc1cc(C)c(-c2cc(-c3scc(-c4ccccc4[OH+]CCCC[OH+]c4ccccc4-c4csc(-c5cc(-c6c(C)cc(C)cc6C)cc(-c6c(C)cc(C)cc6C)c5)c4O)c3O)cc(-c3c(C)cc(C)cc3C)c2)c(C)c1.[CH2-]c1ccccc1.[CH2-]c1ccccc1.[Zr]. The maximum Gasteiger partial charge on any atom is 0.262 e. The van der Waals surface area contributed by atoms with Gasteiger partial charge >= 0.3 is 0 Å². The topological polar surface area (TPSA) is 66.1 Å². The zero-order chi connectivity index (χ0) is 65.3. The molecule has 0 saturated heterocycles. The summed E-state index contributed by atoms with van der Waals surface area (Å²) >= 11 is 3.16. The number of ether oxygens (including phenoxy) is 2. The van der Waals surface area contributed by atoms with Gasteiger partial charge in [0.2, 0.25) is 0 Å². The van der Waals surface area contributed by atoms with Crippen molar-refractivity contribution in [3.8, 4) is 111 Å². The molecule has 0 bridgehead atoms. The number of rotatable bonds is 15. The van der Waals surface area contributed by atoms with Crippen LogP contribution in [-0.2, 0) is 26.2 Å². The van der Waals surface area contributed by atoms with Gasteiger partial charge in [0.05, 0.1) is 20.9 Å². The van der Waals surface area contributed by atoms with Gasteiger partial charge in [-0.3, -0.25) is 0 Å². The van der Waals surface area contributed by atoms with Crippen molar-refractivity contribution in [1.29, 1.82) is 0 Å². The molecule has 0 aliphatic carbocycles. The van der Waals surface area contributed by atoms with Crippen molar-refractivity contribution in [2.75, 3.05) is 13.2 Å². The predicted octanol–water partition coefficient (Wildman–Crippen LogP) is 24.0. The third-order valence-electron chi connectivity index (χ3n) is 17.0. The number of para-hydroxylation sites is 2. The molecule has 7 heteroatoms. The number of unbranched alkanes of at least 4 members (excludes halogenated alkanes) is 1. The van der Waals surface area contributed by atoms with E-state index >= 15 is 0 Å². The fraction of sp³-hybridized carbons (Fsp3) is 0.186. The van der Waals surface area contributed by atoms with Crippen molar-refractivity contribution < 1.29 is 45.9 Å². The molecule has 4 N–H and O–H groups in total. The molecule has 0 spiro atoms. The molecule has 0 saturated carbocycles. The van der Waals surface area contributed by atoms with Crippen LogP contribution in [0.15, 0.2) is 205 Å². The Labute approximate surface area is 580 Å². The molecule has 2 aromatic heterocycles. The van der Waals surface area contributed by atoms with Crippen LogP contribution < -0.4 is 0 Å². The second-order valence-corrected chi connectivity index (χ2v) is 26.6. The van der Waals surface area contributed by atoms with Crippen LogP contribution in [0.3, 0.4) is 0 Å². The molecular weight excluding hydrogens is 1250 g/mol. The van der Waals surface area contributed by atoms with E-state index in [0.29, 0.717) is 13.2 Å². The van der Waals surface area contributed by atoms with Crippen LogP contribution in [0.2, 0.25) is 0 Å². The predicted molar refractivity (Wildman–Crippen MR) is 396 cm³/mol. The van der Waals surface area contributed by atoms with E-state index in [4.69, 9.17) is 9.47 Å². The average molecular weight is 1340 g/mol. The van der Waals surface area contributed by atoms with Crippen molar-refractivity contribution in [2.45, 2.75) is 95.9 Å². The summed E-state index contributed by atoms with van der Waals surface area (Å²) in [6, 6.07) is 67.8. The summed E-state index contributed by atoms with van der Waals surface area (Å²) in [5.41, 5.74) is 32.0. The molecule has 10 aromatic carbocycles. The van der Waals surface area contributed by atoms with Crippen LogP contribution in [0.25, 0.3) is 87.6 Å². The van der Waals surface area contributed by atoms with Gasteiger partial charge in [0.1, 0.15) is 11.5 Å². The molecule has 93 heavy (non-hydrogen) atoms. The van der Waals surface area contributed by atoms with Gasteiger partial charge in [-0.15, -0.1) is 46.9 Å². The minimum Gasteiger partial charge on any atom is -0.582 e. The van der Waals surface area contributed by atoms with E-state index in [2.05, 4.69) is 205 Å². The van der Waals surface area contributed by atoms with E-state index in [1.54, 1.807) is 22.7 Å². The Morgan fingerprint density at radius 1 is 0.312 bits per heavy atom. The third-order valence-corrected chi connectivity index (χ3v) is 19.0. The number of hydrogen-bond acceptors (Lipinski definition) is 4. The number of aliphatic hydroxyl groups is 2. The molecule has 0 radical (unpaired) electrons. The largest absolute Gasteiger partial charge is 0.582 e. The van der Waals surface area contributed by atoms with Crippen molar-refractivity contribution in [3.05, 3.63) is 297 Å². The molecule has 12 aromatic rings. The summed E-state index contributed by atoms with van der Waals surface area (Å²) in [4.78, 5) is 1.69. The second-order valence-electron chi connectivity index (χ2n) is 24.8. The van der Waals surface area contributed by atoms with E-state index < -0.39 is 0 Å². The van der Waals surface area contributed by atoms with Gasteiger partial charge in [-0.2, -0.15) is 49.2 Å². The zero-order valence-electron chi connectivity index (χ0n) is 56.0. The maximum atomic E-state index is 12.2. The van der Waals surface area contributed by atoms with Crippen LogP contribution in [0.4, 0.5) is 0 Å². The Kier molecular flexibility index (Phi) is 22.9. The monoisotopic (exact) mass is 1340 g/mol. The van der Waals surface area contributed by atoms with Crippen molar-refractivity contribution >= 4 is 22.7 Å². The van der Waals surface area contributed by atoms with E-state index in [1.165, 1.54) is 89.0 Å². The molecule has 0 fully saturated rings. The Hall–Kier alpha value is -8.58. The van der Waals surface area contributed by atoms with Gasteiger partial charge in [0.25, 0.3) is 11.5 Å². The van der Waals surface area contributed by atoms with Gasteiger partial charge in [0.15, 0.2) is 13.2 Å². The van der Waals surface area contributed by atoms with E-state index in [9.17, 15) is 10.2 Å². The van der Waals surface area contributed by atoms with Crippen molar-refractivity contribution in [2.24, 2.45) is 0 Å². The average Bonchev–Trinajstić information content (AvgIpc) is 1.50. The molecule has 4 nitrogen and oxygen atoms in total. The maximum absolute atomic E-state index is 12.2. The van der Waals surface area contributed by atoms with E-state index in [0.717, 1.165) is 101 Å². The van der Waals surface area contributed by atoms with Gasteiger partial charge < -0.3 is 19.7 Å². The fourth-order valence-electron chi connectivity index (χ4n) is 13.4. The summed E-state index contributed by atoms with van der Waals surface area (Å²) in [6.45, 7) is 34.9. The first-order chi connectivity index (χ1) is 44.2. The van der Waals surface area contributed by atoms with Gasteiger partial charge in [0, 0.05) is 73.1 Å². The zero-order valence-corrected chi connectivity index (χ0v) is 60.1. The normalized spacial score (nSPS) is 10.8. The first-order valence-corrected chi connectivity index (χ1v) is 33.5. The summed E-state index contributed by atoms with van der Waals surface area (Å²) in [5, 5.41) is 28.6. The fourth-order valence-corrected chi connectivity index (χ4v) is 15.3. The third kappa shape index (κ3) is 16.3. The Morgan fingerprint density at radius 3 is 0.817 bits per heavy atom. The summed E-state index contributed by atoms with van der Waals surface area (Å²) in [5.74, 6) is 2.28. The van der Waals surface area contributed by atoms with Crippen LogP contribution in [-0.4, -0.2) is 32.9 Å². The molecule has 0 unspecified atom stereocenters. The number of thiophene rings is 2. The first kappa shape index (κ1) is 68.8. The van der Waals surface area contributed by atoms with Crippen LogP contribution in [0.5, 0.6) is 23.0 Å². The number of aryl methyl sites for hydroxylation is 12. The van der Waals surface area contributed by atoms with E-state index in [1.807, 2.05) is 97.1 Å². The van der Waals surface area contributed by atoms with Gasteiger partial charge in [-0.1, -0.05) is 107 Å². The van der Waals surface area contributed by atoms with Gasteiger partial charge in [-0.25, -0.2) is 0 Å². The number of aromatic hydroxyl groups is 4. The number of hydrogen-bond donors (Lipinski definition) is 2. The summed E-state index contributed by atoms with van der Waals surface area (Å²) < 4.78 is 10.2. The summed E-state index contributed by atoms with van der Waals surface area (Å²) in [7, 11) is 0. The molecule has 470 valence electrons. The Bertz CT molecular complexity index is 4050. The quantitative estimate of drug-likeness (QED) is 0.0610. The van der Waals surface area contributed by atoms with E-state index in [-0.39, 0.29) is 37.7 Å². The molecule has 2 heterocycles. The Balaban J connectivity index is 0.000000602. The van der Waals surface area contributed by atoms with Crippen molar-refractivity contribution in [3.63, 3.8) is 0 Å². The van der Waals surface area contributed by atoms with Gasteiger partial charge in [-0.05, 0) is 232 Å². The summed E-state index contributed by atoms with van der Waals surface area (Å²) in [6.07, 6.45) is 1.69. The van der Waals surface area contributed by atoms with Crippen LogP contribution in [0, 0.1) is 96.9 Å². The first-order valence-electron chi connectivity index (χ1n) is 31.7. The molecule has 0 aliphatic rings. The standard InChI is InChI=1S/C72H70O4S2.2C7H7.Zr/c1-41-25-45(5)65(46(6)26-41)53-33-54(66-47(7)27-42(2)28-48(66)8)36-57(35-53)71-69(73)61(39-77-71)59-19-13-15-21-63(59)75-23-17-18-24-76-64-22-16-14-20-60(64)62-40-78-72(70(62)74)58-37-55(67-49(9)29-43(3)30-50(67)10)34-56(38-58)68-51(11)31-44(4)32-52(68)12;2*1-7-5-3-2-4-6-7;/h13-16,19-22,25-40,73-74H,17-18,23-24H2,1-12H3;2*2-6H,1H2;/q;2*-1;/p+2. The Morgan fingerprint density at radius 2 is 0.559 bits per heavy atom. The molecule has 12 rings (SSSR count). The molecule has 0 aliphatic heterocycles. The van der Waals surface area contributed by atoms with Crippen LogP contribution >= 0.6 is 22.7 Å². The van der Waals surface area contributed by atoms with Crippen LogP contribution in [0.1, 0.15) is 90.7 Å².